The number of carboxylic acids is 1. The molecule has 0 aromatic heterocycles. The zero-order chi connectivity index (χ0) is 13.1. The highest BCUT2D eigenvalue weighted by molar-refractivity contribution is 5.71. The van der Waals surface area contributed by atoms with E-state index in [9.17, 15) is 9.90 Å². The molecule has 0 heterocycles. The lowest BCUT2D eigenvalue weighted by molar-refractivity contribution is -0.152. The van der Waals surface area contributed by atoms with Crippen LogP contribution in [-0.2, 0) is 10.4 Å². The quantitative estimate of drug-likeness (QED) is 0.823. The van der Waals surface area contributed by atoms with Crippen molar-refractivity contribution in [2.75, 3.05) is 7.11 Å². The molecule has 0 bridgehead atoms. The monoisotopic (exact) mass is 238 g/mol. The molecule has 1 rings (SSSR count). The van der Waals surface area contributed by atoms with E-state index in [0.29, 0.717) is 17.7 Å². The Morgan fingerprint density at radius 1 is 1.41 bits per heavy atom. The van der Waals surface area contributed by atoms with Crippen LogP contribution in [0.3, 0.4) is 0 Å². The third kappa shape index (κ3) is 2.58. The lowest BCUT2D eigenvalue weighted by Gasteiger charge is -2.31. The number of carboxylic acid groups (broad SMARTS) is 1. The second-order valence-electron chi connectivity index (χ2n) is 4.07. The fourth-order valence-corrected chi connectivity index (χ4v) is 1.84. The van der Waals surface area contributed by atoms with Crippen molar-refractivity contribution in [2.45, 2.75) is 25.9 Å². The smallest absolute Gasteiger partial charge is 0.309 e. The van der Waals surface area contributed by atoms with Crippen molar-refractivity contribution in [1.82, 2.24) is 0 Å². The number of rotatable bonds is 5. The van der Waals surface area contributed by atoms with Gasteiger partial charge in [-0.15, -0.1) is 0 Å². The summed E-state index contributed by atoms with van der Waals surface area (Å²) in [5.41, 5.74) is -0.756. The van der Waals surface area contributed by atoms with Gasteiger partial charge in [0.15, 0.2) is 0 Å². The summed E-state index contributed by atoms with van der Waals surface area (Å²) in [6, 6.07) is 6.82. The third-order valence-electron chi connectivity index (χ3n) is 3.22. The number of ether oxygens (including phenoxy) is 1. The molecule has 94 valence electrons. The van der Waals surface area contributed by atoms with E-state index in [2.05, 4.69) is 0 Å². The zero-order valence-electron chi connectivity index (χ0n) is 10.3. The van der Waals surface area contributed by atoms with E-state index in [1.807, 2.05) is 0 Å². The summed E-state index contributed by atoms with van der Waals surface area (Å²) < 4.78 is 5.03. The molecule has 17 heavy (non-hydrogen) atoms. The van der Waals surface area contributed by atoms with Crippen LogP contribution in [0.1, 0.15) is 25.8 Å². The second-order valence-corrected chi connectivity index (χ2v) is 4.07. The number of hydrogen-bond donors (Lipinski definition) is 2. The van der Waals surface area contributed by atoms with Crippen LogP contribution in [0.2, 0.25) is 0 Å². The number of hydrogen-bond acceptors (Lipinski definition) is 3. The highest BCUT2D eigenvalue weighted by Gasteiger charge is 2.38. The van der Waals surface area contributed by atoms with Crippen LogP contribution in [-0.4, -0.2) is 23.3 Å². The maximum absolute atomic E-state index is 11.0. The average molecular weight is 238 g/mol. The summed E-state index contributed by atoms with van der Waals surface area (Å²) in [5, 5.41) is 19.5. The molecule has 0 radical (unpaired) electrons. The summed E-state index contributed by atoms with van der Waals surface area (Å²) in [7, 11) is 1.56. The van der Waals surface area contributed by atoms with Crippen LogP contribution in [0.5, 0.6) is 5.75 Å². The van der Waals surface area contributed by atoms with Gasteiger partial charge < -0.3 is 14.9 Å². The van der Waals surface area contributed by atoms with Gasteiger partial charge in [0.05, 0.1) is 13.0 Å². The first-order valence-electron chi connectivity index (χ1n) is 5.55. The lowest BCUT2D eigenvalue weighted by Crippen LogP contribution is -2.37. The predicted octanol–water partition coefficient (Wildman–Crippen LogP) is 2.01. The Morgan fingerprint density at radius 2 is 1.94 bits per heavy atom. The molecule has 4 heteroatoms. The topological polar surface area (TPSA) is 66.8 Å². The van der Waals surface area contributed by atoms with Crippen LogP contribution in [0.4, 0.5) is 0 Å². The largest absolute Gasteiger partial charge is 0.497 e. The molecule has 0 amide bonds. The van der Waals surface area contributed by atoms with Gasteiger partial charge >= 0.3 is 5.97 Å². The highest BCUT2D eigenvalue weighted by Crippen LogP contribution is 2.34. The van der Waals surface area contributed by atoms with Crippen LogP contribution in [0.15, 0.2) is 24.3 Å². The number of aliphatic hydroxyl groups is 1. The van der Waals surface area contributed by atoms with E-state index in [4.69, 9.17) is 9.84 Å². The molecule has 0 saturated heterocycles. The molecule has 0 aliphatic carbocycles. The van der Waals surface area contributed by atoms with Crippen LogP contribution in [0.25, 0.3) is 0 Å². The molecular formula is C13H18O4. The van der Waals surface area contributed by atoms with E-state index in [-0.39, 0.29) is 0 Å². The molecule has 0 fully saturated rings. The van der Waals surface area contributed by atoms with Crippen LogP contribution in [0, 0.1) is 5.92 Å². The number of methoxy groups -OCH3 is 1. The van der Waals surface area contributed by atoms with Gasteiger partial charge in [0.2, 0.25) is 0 Å². The molecule has 1 aromatic carbocycles. The zero-order valence-corrected chi connectivity index (χ0v) is 10.3. The standard InChI is InChI=1S/C13H18O4/c1-4-13(16,9(2)12(14)15)10-5-7-11(17-3)8-6-10/h5-9,16H,4H2,1-3H3,(H,14,15). The van der Waals surface area contributed by atoms with Crippen LogP contribution < -0.4 is 4.74 Å². The summed E-state index contributed by atoms with van der Waals surface area (Å²) in [4.78, 5) is 11.0. The van der Waals surface area contributed by atoms with E-state index < -0.39 is 17.5 Å². The first-order chi connectivity index (χ1) is 7.95. The summed E-state index contributed by atoms with van der Waals surface area (Å²) >= 11 is 0. The van der Waals surface area contributed by atoms with Gasteiger partial charge in [-0.1, -0.05) is 19.1 Å². The van der Waals surface area contributed by atoms with Crippen molar-refractivity contribution in [3.8, 4) is 5.75 Å². The van der Waals surface area contributed by atoms with Crippen molar-refractivity contribution in [3.63, 3.8) is 0 Å². The Bertz CT molecular complexity index is 385. The molecule has 0 aliphatic heterocycles. The molecule has 0 spiro atoms. The van der Waals surface area contributed by atoms with Gasteiger partial charge in [0.25, 0.3) is 0 Å². The normalized spacial score (nSPS) is 16.0. The van der Waals surface area contributed by atoms with Crippen molar-refractivity contribution in [2.24, 2.45) is 5.92 Å². The fourth-order valence-electron chi connectivity index (χ4n) is 1.84. The number of aliphatic carboxylic acids is 1. The maximum Gasteiger partial charge on any atom is 0.309 e. The van der Waals surface area contributed by atoms with Crippen molar-refractivity contribution in [3.05, 3.63) is 29.8 Å². The van der Waals surface area contributed by atoms with Gasteiger partial charge in [-0.2, -0.15) is 0 Å². The van der Waals surface area contributed by atoms with E-state index >= 15 is 0 Å². The minimum atomic E-state index is -1.35. The Labute approximate surface area is 101 Å². The predicted molar refractivity (Wildman–Crippen MR) is 64.0 cm³/mol. The Hall–Kier alpha value is -1.55. The van der Waals surface area contributed by atoms with Crippen molar-refractivity contribution in [1.29, 1.82) is 0 Å². The summed E-state index contributed by atoms with van der Waals surface area (Å²) in [6.45, 7) is 3.28. The minimum absolute atomic E-state index is 0.340. The SMILES string of the molecule is CCC(O)(c1ccc(OC)cc1)C(C)C(=O)O. The van der Waals surface area contributed by atoms with Gasteiger partial charge in [-0.3, -0.25) is 4.79 Å². The third-order valence-corrected chi connectivity index (χ3v) is 3.22. The number of carbonyl (C=O) groups is 1. The van der Waals surface area contributed by atoms with Gasteiger partial charge in [-0.05, 0) is 31.0 Å². The fraction of sp³-hybridized carbons (Fsp3) is 0.462. The summed E-state index contributed by atoms with van der Waals surface area (Å²) in [5.74, 6) is -1.19. The Balaban J connectivity index is 3.11. The molecule has 2 N–H and O–H groups in total. The second kappa shape index (κ2) is 5.19. The molecule has 2 unspecified atom stereocenters. The molecule has 0 aliphatic rings. The van der Waals surface area contributed by atoms with Gasteiger partial charge in [-0.25, -0.2) is 0 Å². The molecule has 4 nitrogen and oxygen atoms in total. The van der Waals surface area contributed by atoms with E-state index in [1.165, 1.54) is 6.92 Å². The van der Waals surface area contributed by atoms with Crippen molar-refractivity contribution < 1.29 is 19.7 Å². The minimum Gasteiger partial charge on any atom is -0.497 e. The maximum atomic E-state index is 11.0. The van der Waals surface area contributed by atoms with Crippen molar-refractivity contribution >= 4 is 5.97 Å². The lowest BCUT2D eigenvalue weighted by atomic mass is 9.80. The van der Waals surface area contributed by atoms with Gasteiger partial charge in [0, 0.05) is 0 Å². The molecule has 1 aromatic rings. The van der Waals surface area contributed by atoms with E-state index in [0.717, 1.165) is 0 Å². The Morgan fingerprint density at radius 3 is 2.29 bits per heavy atom. The Kier molecular flexibility index (Phi) is 4.12. The van der Waals surface area contributed by atoms with Gasteiger partial charge in [0.1, 0.15) is 11.4 Å². The highest BCUT2D eigenvalue weighted by atomic mass is 16.5. The molecule has 0 saturated carbocycles. The summed E-state index contributed by atoms with van der Waals surface area (Å²) in [6.07, 6.45) is 0.340. The molecule has 2 atom stereocenters. The number of benzene rings is 1. The molecular weight excluding hydrogens is 220 g/mol. The van der Waals surface area contributed by atoms with E-state index in [1.54, 1.807) is 38.3 Å². The van der Waals surface area contributed by atoms with Crippen LogP contribution >= 0.6 is 0 Å². The first kappa shape index (κ1) is 13.5. The average Bonchev–Trinajstić information content (AvgIpc) is 2.36. The first-order valence-corrected chi connectivity index (χ1v) is 5.55.